The van der Waals surface area contributed by atoms with Crippen LogP contribution in [0, 0.1) is 11.3 Å². The highest BCUT2D eigenvalue weighted by atomic mass is 16.7. The maximum absolute atomic E-state index is 9.02. The van der Waals surface area contributed by atoms with Crippen LogP contribution in [0.1, 0.15) is 36.8 Å². The van der Waals surface area contributed by atoms with Crippen molar-refractivity contribution in [2.45, 2.75) is 38.1 Å². The lowest BCUT2D eigenvalue weighted by atomic mass is 9.92. The van der Waals surface area contributed by atoms with E-state index in [1.54, 1.807) is 6.07 Å². The molecule has 2 aliphatic rings. The minimum atomic E-state index is -0.369. The number of nitrogens with zero attached hydrogens (tertiary/aromatic N) is 2. The largest absolute Gasteiger partial charge is 0.391 e. The Balaban J connectivity index is 1.52. The Bertz CT molecular complexity index is 559. The first-order chi connectivity index (χ1) is 10.3. The molecule has 1 spiro atoms. The molecule has 0 bridgehead atoms. The van der Waals surface area contributed by atoms with Gasteiger partial charge in [-0.25, -0.2) is 0 Å². The van der Waals surface area contributed by atoms with Gasteiger partial charge in [0.2, 0.25) is 0 Å². The van der Waals surface area contributed by atoms with Crippen molar-refractivity contribution >= 4 is 5.71 Å². The summed E-state index contributed by atoms with van der Waals surface area (Å²) in [5.41, 5.74) is 2.53. The van der Waals surface area contributed by atoms with Gasteiger partial charge in [-0.2, -0.15) is 5.26 Å². The lowest BCUT2D eigenvalue weighted by molar-refractivity contribution is -0.168. The van der Waals surface area contributed by atoms with Crippen molar-refractivity contribution in [3.63, 3.8) is 0 Å². The van der Waals surface area contributed by atoms with Gasteiger partial charge in [0.05, 0.1) is 30.6 Å². The normalized spacial score (nSPS) is 20.2. The van der Waals surface area contributed by atoms with Crippen molar-refractivity contribution in [3.8, 4) is 6.07 Å². The molecule has 5 heteroatoms. The van der Waals surface area contributed by atoms with E-state index in [1.165, 1.54) is 0 Å². The molecule has 1 aliphatic heterocycles. The number of ether oxygens (including phenoxy) is 2. The van der Waals surface area contributed by atoms with E-state index < -0.39 is 0 Å². The highest BCUT2D eigenvalue weighted by molar-refractivity contribution is 5.84. The first-order valence-corrected chi connectivity index (χ1v) is 7.25. The van der Waals surface area contributed by atoms with Crippen LogP contribution in [0.5, 0.6) is 0 Å². The van der Waals surface area contributed by atoms with Crippen molar-refractivity contribution in [1.82, 2.24) is 0 Å². The van der Waals surface area contributed by atoms with E-state index in [0.717, 1.165) is 37.0 Å². The maximum atomic E-state index is 9.02. The molecule has 1 heterocycles. The Morgan fingerprint density at radius 1 is 1.19 bits per heavy atom. The fourth-order valence-corrected chi connectivity index (χ4v) is 2.74. The summed E-state index contributed by atoms with van der Waals surface area (Å²) in [5.74, 6) is -0.369. The third-order valence-corrected chi connectivity index (χ3v) is 3.95. The van der Waals surface area contributed by atoms with Gasteiger partial charge in [0, 0.05) is 18.4 Å². The molecule has 3 rings (SSSR count). The Morgan fingerprint density at radius 3 is 2.62 bits per heavy atom. The van der Waals surface area contributed by atoms with Gasteiger partial charge in [-0.15, -0.1) is 0 Å². The summed E-state index contributed by atoms with van der Waals surface area (Å²) in [6.45, 7) is 1.70. The van der Waals surface area contributed by atoms with Crippen LogP contribution in [0.4, 0.5) is 0 Å². The molecular formula is C16H18N2O3. The van der Waals surface area contributed by atoms with Crippen LogP contribution in [0.25, 0.3) is 0 Å². The molecule has 1 aromatic rings. The second-order valence-electron chi connectivity index (χ2n) is 5.31. The summed E-state index contributed by atoms with van der Waals surface area (Å²) >= 11 is 0. The predicted octanol–water partition coefficient (Wildman–Crippen LogP) is 2.75. The number of hydrogen-bond acceptors (Lipinski definition) is 5. The molecule has 5 nitrogen and oxygen atoms in total. The van der Waals surface area contributed by atoms with E-state index in [1.807, 2.05) is 18.2 Å². The van der Waals surface area contributed by atoms with Gasteiger partial charge in [-0.05, 0) is 18.9 Å². The molecule has 0 aromatic heterocycles. The molecule has 0 radical (unpaired) electrons. The molecule has 0 amide bonds. The maximum Gasteiger partial charge on any atom is 0.169 e. The molecule has 0 unspecified atom stereocenters. The third-order valence-electron chi connectivity index (χ3n) is 3.95. The number of rotatable bonds is 3. The highest BCUT2D eigenvalue weighted by Gasteiger charge is 2.39. The van der Waals surface area contributed by atoms with Crippen molar-refractivity contribution in [2.24, 2.45) is 5.16 Å². The SMILES string of the molecule is N#Cc1ccccc1CON=C1CCC2(CC1)OCCO2. The van der Waals surface area contributed by atoms with Gasteiger partial charge < -0.3 is 14.3 Å². The second kappa shape index (κ2) is 6.25. The van der Waals surface area contributed by atoms with Crippen molar-refractivity contribution < 1.29 is 14.3 Å². The van der Waals surface area contributed by atoms with Gasteiger partial charge >= 0.3 is 0 Å². The van der Waals surface area contributed by atoms with Crippen LogP contribution in [-0.2, 0) is 20.9 Å². The molecule has 1 aromatic carbocycles. The van der Waals surface area contributed by atoms with Gasteiger partial charge in [0.1, 0.15) is 6.61 Å². The molecule has 2 fully saturated rings. The molecule has 1 aliphatic carbocycles. The molecule has 110 valence electrons. The Morgan fingerprint density at radius 2 is 1.90 bits per heavy atom. The zero-order valence-corrected chi connectivity index (χ0v) is 11.9. The average molecular weight is 286 g/mol. The summed E-state index contributed by atoms with van der Waals surface area (Å²) in [6, 6.07) is 9.56. The lowest BCUT2D eigenvalue weighted by Gasteiger charge is -2.31. The predicted molar refractivity (Wildman–Crippen MR) is 76.5 cm³/mol. The Kier molecular flexibility index (Phi) is 4.18. The van der Waals surface area contributed by atoms with Crippen molar-refractivity contribution in [3.05, 3.63) is 35.4 Å². The second-order valence-corrected chi connectivity index (χ2v) is 5.31. The topological polar surface area (TPSA) is 63.8 Å². The van der Waals surface area contributed by atoms with Gasteiger partial charge in [-0.1, -0.05) is 23.4 Å². The van der Waals surface area contributed by atoms with E-state index in [4.69, 9.17) is 19.6 Å². The lowest BCUT2D eigenvalue weighted by Crippen LogP contribution is -2.35. The molecule has 0 N–H and O–H groups in total. The molecule has 0 atom stereocenters. The van der Waals surface area contributed by atoms with Crippen LogP contribution in [-0.4, -0.2) is 24.7 Å². The summed E-state index contributed by atoms with van der Waals surface area (Å²) in [4.78, 5) is 5.41. The number of oxime groups is 1. The standard InChI is InChI=1S/C16H18N2O3/c17-11-13-3-1-2-4-14(13)12-21-18-15-5-7-16(8-6-15)19-9-10-20-16/h1-4H,5-10,12H2. The van der Waals surface area contributed by atoms with Crippen LogP contribution in [0.15, 0.2) is 29.4 Å². The summed E-state index contributed by atoms with van der Waals surface area (Å²) < 4.78 is 11.4. The fourth-order valence-electron chi connectivity index (χ4n) is 2.74. The van der Waals surface area contributed by atoms with Crippen LogP contribution in [0.3, 0.4) is 0 Å². The quantitative estimate of drug-likeness (QED) is 0.801. The van der Waals surface area contributed by atoms with Crippen LogP contribution >= 0.6 is 0 Å². The van der Waals surface area contributed by atoms with Gasteiger partial charge in [0.25, 0.3) is 0 Å². The van der Waals surface area contributed by atoms with E-state index >= 15 is 0 Å². The zero-order valence-electron chi connectivity index (χ0n) is 11.9. The monoisotopic (exact) mass is 286 g/mol. The Hall–Kier alpha value is -1.90. The highest BCUT2D eigenvalue weighted by Crippen LogP contribution is 2.34. The van der Waals surface area contributed by atoms with E-state index in [0.29, 0.717) is 25.4 Å². The van der Waals surface area contributed by atoms with Crippen LogP contribution < -0.4 is 0 Å². The Labute approximate surface area is 124 Å². The van der Waals surface area contributed by atoms with Crippen molar-refractivity contribution in [1.29, 1.82) is 5.26 Å². The number of hydrogen-bond donors (Lipinski definition) is 0. The molecule has 21 heavy (non-hydrogen) atoms. The van der Waals surface area contributed by atoms with Crippen molar-refractivity contribution in [2.75, 3.05) is 13.2 Å². The van der Waals surface area contributed by atoms with E-state index in [9.17, 15) is 0 Å². The number of benzene rings is 1. The van der Waals surface area contributed by atoms with Gasteiger partial charge in [-0.3, -0.25) is 0 Å². The minimum Gasteiger partial charge on any atom is -0.391 e. The molecule has 1 saturated heterocycles. The summed E-state index contributed by atoms with van der Waals surface area (Å²) in [6.07, 6.45) is 3.34. The summed E-state index contributed by atoms with van der Waals surface area (Å²) in [7, 11) is 0. The summed E-state index contributed by atoms with van der Waals surface area (Å²) in [5, 5.41) is 13.2. The van der Waals surface area contributed by atoms with Gasteiger partial charge in [0.15, 0.2) is 5.79 Å². The third kappa shape index (κ3) is 3.23. The first-order valence-electron chi connectivity index (χ1n) is 7.25. The average Bonchev–Trinajstić information content (AvgIpc) is 2.98. The first kappa shape index (κ1) is 14.1. The molecular weight excluding hydrogens is 268 g/mol. The number of nitriles is 1. The van der Waals surface area contributed by atoms with E-state index in [2.05, 4.69) is 11.2 Å². The molecule has 1 saturated carbocycles. The smallest absolute Gasteiger partial charge is 0.169 e. The fraction of sp³-hybridized carbons (Fsp3) is 0.500. The minimum absolute atomic E-state index is 0.325. The van der Waals surface area contributed by atoms with Crippen LogP contribution in [0.2, 0.25) is 0 Å². The van der Waals surface area contributed by atoms with E-state index in [-0.39, 0.29) is 5.79 Å². The zero-order chi connectivity index (χ0) is 14.5.